The normalized spacial score (nSPS) is 19.5. The number of nitrogens with zero attached hydrogens (tertiary/aromatic N) is 1. The van der Waals surface area contributed by atoms with Crippen LogP contribution in [0.15, 0.2) is 64.8 Å². The van der Waals surface area contributed by atoms with Gasteiger partial charge in [0.1, 0.15) is 23.4 Å². The van der Waals surface area contributed by atoms with Gasteiger partial charge in [0.2, 0.25) is 0 Å². The van der Waals surface area contributed by atoms with E-state index in [9.17, 15) is 14.7 Å². The Morgan fingerprint density at radius 3 is 2.65 bits per heavy atom. The number of hydrogen-bond acceptors (Lipinski definition) is 7. The molecule has 3 heterocycles. The quantitative estimate of drug-likeness (QED) is 0.133. The summed E-state index contributed by atoms with van der Waals surface area (Å²) in [5.41, 5.74) is 2.04. The number of furan rings is 1. The Morgan fingerprint density at radius 1 is 1.05 bits per heavy atom. The van der Waals surface area contributed by atoms with E-state index in [-0.39, 0.29) is 24.0 Å². The van der Waals surface area contributed by atoms with Gasteiger partial charge in [-0.1, -0.05) is 25.8 Å². The van der Waals surface area contributed by atoms with Crippen LogP contribution in [0.1, 0.15) is 68.5 Å². The Kier molecular flexibility index (Phi) is 8.14. The van der Waals surface area contributed by atoms with E-state index < -0.39 is 17.7 Å². The average molecular weight is 546 g/mol. The number of hydrogen-bond donors (Lipinski definition) is 1. The minimum atomic E-state index is -0.859. The fourth-order valence-corrected chi connectivity index (χ4v) is 5.30. The topological polar surface area (TPSA) is 98.4 Å². The van der Waals surface area contributed by atoms with Gasteiger partial charge in [-0.2, -0.15) is 0 Å². The largest absolute Gasteiger partial charge is 0.507 e. The molecule has 1 amide bonds. The van der Waals surface area contributed by atoms with Crippen molar-refractivity contribution < 1.29 is 33.3 Å². The molecule has 2 aliphatic rings. The van der Waals surface area contributed by atoms with Gasteiger partial charge >= 0.3 is 0 Å². The molecule has 210 valence electrons. The van der Waals surface area contributed by atoms with Gasteiger partial charge in [0.15, 0.2) is 11.5 Å². The highest BCUT2D eigenvalue weighted by molar-refractivity contribution is 6.46. The lowest BCUT2D eigenvalue weighted by molar-refractivity contribution is -0.140. The zero-order valence-corrected chi connectivity index (χ0v) is 23.1. The fourth-order valence-electron chi connectivity index (χ4n) is 5.30. The first-order valence-corrected chi connectivity index (χ1v) is 13.9. The smallest absolute Gasteiger partial charge is 0.296 e. The first kappa shape index (κ1) is 27.4. The second-order valence-corrected chi connectivity index (χ2v) is 10.2. The van der Waals surface area contributed by atoms with Crippen LogP contribution in [-0.4, -0.2) is 41.0 Å². The van der Waals surface area contributed by atoms with Gasteiger partial charge in [0.25, 0.3) is 11.7 Å². The van der Waals surface area contributed by atoms with Crippen molar-refractivity contribution >= 4 is 17.4 Å². The summed E-state index contributed by atoms with van der Waals surface area (Å²) in [7, 11) is 0. The number of benzene rings is 2. The standard InChI is InChI=1S/C32H35NO7/c1-4-6-7-14-39-26-13-10-21(18-27(26)37-5-2)29-28(31(35)32(36)33(29)19-24-9-8-15-38-24)30(34)22-11-12-25-23(17-22)16-20(3)40-25/h8-13,15,17-18,20,29,34H,4-7,14,16,19H2,1-3H3/t20-,29+/m1/s1. The van der Waals surface area contributed by atoms with Crippen LogP contribution in [0, 0.1) is 0 Å². The Balaban J connectivity index is 1.58. The molecule has 0 bridgehead atoms. The average Bonchev–Trinajstić information content (AvgIpc) is 3.66. The molecule has 1 saturated heterocycles. The molecule has 0 saturated carbocycles. The molecule has 0 spiro atoms. The number of rotatable bonds is 11. The summed E-state index contributed by atoms with van der Waals surface area (Å²) in [6.07, 6.45) is 5.34. The molecular formula is C32H35NO7. The molecule has 0 radical (unpaired) electrons. The third-order valence-electron chi connectivity index (χ3n) is 7.20. The third kappa shape index (κ3) is 5.43. The fraction of sp³-hybridized carbons (Fsp3) is 0.375. The molecule has 5 rings (SSSR count). The predicted octanol–water partition coefficient (Wildman–Crippen LogP) is 6.19. The summed E-state index contributed by atoms with van der Waals surface area (Å²) in [5.74, 6) is 0.703. The highest BCUT2D eigenvalue weighted by Crippen LogP contribution is 2.43. The van der Waals surface area contributed by atoms with Gasteiger partial charge in [-0.3, -0.25) is 9.59 Å². The highest BCUT2D eigenvalue weighted by Gasteiger charge is 2.46. The molecule has 1 aromatic heterocycles. The number of unbranched alkanes of at least 4 members (excludes halogenated alkanes) is 2. The molecule has 8 heteroatoms. The maximum atomic E-state index is 13.5. The van der Waals surface area contributed by atoms with Crippen molar-refractivity contribution in [1.29, 1.82) is 0 Å². The Bertz CT molecular complexity index is 1410. The number of amides is 1. The monoisotopic (exact) mass is 545 g/mol. The van der Waals surface area contributed by atoms with Crippen molar-refractivity contribution in [2.75, 3.05) is 13.2 Å². The second-order valence-electron chi connectivity index (χ2n) is 10.2. The predicted molar refractivity (Wildman–Crippen MR) is 149 cm³/mol. The first-order valence-electron chi connectivity index (χ1n) is 13.9. The van der Waals surface area contributed by atoms with E-state index in [0.29, 0.717) is 48.0 Å². The van der Waals surface area contributed by atoms with Gasteiger partial charge in [-0.15, -0.1) is 0 Å². The summed E-state index contributed by atoms with van der Waals surface area (Å²) >= 11 is 0. The van der Waals surface area contributed by atoms with E-state index >= 15 is 0 Å². The number of Topliss-reactive ketones (excluding diaryl/α,β-unsaturated/α-hetero) is 1. The molecule has 1 N–H and O–H groups in total. The van der Waals surface area contributed by atoms with Gasteiger partial charge in [-0.05, 0) is 73.9 Å². The van der Waals surface area contributed by atoms with Crippen LogP contribution in [0.3, 0.4) is 0 Å². The van der Waals surface area contributed by atoms with E-state index in [0.717, 1.165) is 30.6 Å². The molecular weight excluding hydrogens is 510 g/mol. The van der Waals surface area contributed by atoms with Crippen LogP contribution in [0.5, 0.6) is 17.2 Å². The molecule has 40 heavy (non-hydrogen) atoms. The van der Waals surface area contributed by atoms with Crippen molar-refractivity contribution in [3.63, 3.8) is 0 Å². The van der Waals surface area contributed by atoms with Crippen molar-refractivity contribution in [2.24, 2.45) is 0 Å². The minimum Gasteiger partial charge on any atom is -0.507 e. The number of carbonyl (C=O) groups is 2. The van der Waals surface area contributed by atoms with Crippen LogP contribution in [0.25, 0.3) is 5.76 Å². The van der Waals surface area contributed by atoms with Crippen LogP contribution in [0.4, 0.5) is 0 Å². The molecule has 8 nitrogen and oxygen atoms in total. The highest BCUT2D eigenvalue weighted by atomic mass is 16.5. The SMILES string of the molecule is CCCCCOc1ccc([C@H]2C(=C(O)c3ccc4c(c3)C[C@@H](C)O4)C(=O)C(=O)N2Cc2ccco2)cc1OCC. The third-order valence-corrected chi connectivity index (χ3v) is 7.20. The molecule has 2 atom stereocenters. The van der Waals surface area contributed by atoms with E-state index in [1.165, 1.54) is 11.2 Å². The van der Waals surface area contributed by atoms with Gasteiger partial charge in [0, 0.05) is 12.0 Å². The lowest BCUT2D eigenvalue weighted by atomic mass is 9.94. The first-order chi connectivity index (χ1) is 19.4. The number of likely N-dealkylation sites (tertiary alicyclic amines) is 1. The summed E-state index contributed by atoms with van der Waals surface area (Å²) in [6, 6.07) is 13.3. The van der Waals surface area contributed by atoms with E-state index in [1.54, 1.807) is 36.4 Å². The number of ketones is 1. The van der Waals surface area contributed by atoms with Crippen LogP contribution < -0.4 is 14.2 Å². The number of carbonyl (C=O) groups excluding carboxylic acids is 2. The van der Waals surface area contributed by atoms with Gasteiger partial charge in [0.05, 0.1) is 37.6 Å². The summed E-state index contributed by atoms with van der Waals surface area (Å²) < 4.78 is 23.2. The number of aliphatic hydroxyl groups excluding tert-OH is 1. The Hall–Kier alpha value is -4.20. The maximum absolute atomic E-state index is 13.5. The Labute approximate surface area is 234 Å². The van der Waals surface area contributed by atoms with Crippen molar-refractivity contribution in [3.8, 4) is 17.2 Å². The summed E-state index contributed by atoms with van der Waals surface area (Å²) in [6.45, 7) is 7.04. The van der Waals surface area contributed by atoms with Crippen LogP contribution in [-0.2, 0) is 22.6 Å². The van der Waals surface area contributed by atoms with Crippen molar-refractivity contribution in [1.82, 2.24) is 4.90 Å². The molecule has 1 fully saturated rings. The van der Waals surface area contributed by atoms with E-state index in [4.69, 9.17) is 18.6 Å². The minimum absolute atomic E-state index is 0.0162. The van der Waals surface area contributed by atoms with E-state index in [1.807, 2.05) is 26.0 Å². The molecule has 2 aromatic carbocycles. The molecule has 3 aromatic rings. The van der Waals surface area contributed by atoms with Crippen LogP contribution >= 0.6 is 0 Å². The van der Waals surface area contributed by atoms with Crippen molar-refractivity contribution in [3.05, 3.63) is 82.8 Å². The summed E-state index contributed by atoms with van der Waals surface area (Å²) in [5, 5.41) is 11.5. The lowest BCUT2D eigenvalue weighted by Gasteiger charge is -2.25. The molecule has 0 unspecified atom stereocenters. The van der Waals surface area contributed by atoms with E-state index in [2.05, 4.69) is 6.92 Å². The number of aliphatic hydroxyl groups is 1. The van der Waals surface area contributed by atoms with Gasteiger partial charge < -0.3 is 28.6 Å². The molecule has 0 aliphatic carbocycles. The second kappa shape index (κ2) is 11.9. The maximum Gasteiger partial charge on any atom is 0.296 e. The van der Waals surface area contributed by atoms with Gasteiger partial charge in [-0.25, -0.2) is 0 Å². The number of fused-ring (bicyclic) bond motifs is 1. The summed E-state index contributed by atoms with van der Waals surface area (Å²) in [4.78, 5) is 28.3. The Morgan fingerprint density at radius 2 is 1.90 bits per heavy atom. The molecule has 2 aliphatic heterocycles. The van der Waals surface area contributed by atoms with Crippen LogP contribution in [0.2, 0.25) is 0 Å². The van der Waals surface area contributed by atoms with Crippen molar-refractivity contribution in [2.45, 2.75) is 65.1 Å². The zero-order valence-electron chi connectivity index (χ0n) is 23.1. The zero-order chi connectivity index (χ0) is 28.2. The lowest BCUT2D eigenvalue weighted by Crippen LogP contribution is -2.29. The number of ether oxygens (including phenoxy) is 3.